The van der Waals surface area contributed by atoms with Crippen LogP contribution in [0, 0.1) is 0 Å². The second-order valence-corrected chi connectivity index (χ2v) is 3.86. The summed E-state index contributed by atoms with van der Waals surface area (Å²) < 4.78 is 4.61. The third-order valence-corrected chi connectivity index (χ3v) is 2.57. The van der Waals surface area contributed by atoms with E-state index in [1.807, 2.05) is 0 Å². The van der Waals surface area contributed by atoms with Crippen molar-refractivity contribution < 1.29 is 9.32 Å². The lowest BCUT2D eigenvalue weighted by atomic mass is 10.2. The molecule has 0 fully saturated rings. The van der Waals surface area contributed by atoms with Crippen molar-refractivity contribution in [3.63, 3.8) is 0 Å². The summed E-state index contributed by atoms with van der Waals surface area (Å²) in [5, 5.41) is 9.68. The lowest BCUT2D eigenvalue weighted by Gasteiger charge is -2.14. The first-order chi connectivity index (χ1) is 8.26. The molecule has 2 N–H and O–H groups in total. The molecule has 0 saturated carbocycles. The SMILES string of the molecule is CCC(CC)NC(=O)CNCCc1ncon1. The van der Waals surface area contributed by atoms with Gasteiger partial charge in [-0.25, -0.2) is 0 Å². The number of carbonyl (C=O) groups excluding carboxylic acids is 1. The summed E-state index contributed by atoms with van der Waals surface area (Å²) >= 11 is 0. The molecule has 0 aliphatic heterocycles. The number of carbonyl (C=O) groups is 1. The third-order valence-electron chi connectivity index (χ3n) is 2.57. The molecule has 1 amide bonds. The summed E-state index contributed by atoms with van der Waals surface area (Å²) in [7, 11) is 0. The minimum atomic E-state index is 0.0341. The molecule has 96 valence electrons. The molecule has 0 unspecified atom stereocenters. The van der Waals surface area contributed by atoms with Gasteiger partial charge in [-0.15, -0.1) is 0 Å². The average molecular weight is 240 g/mol. The summed E-state index contributed by atoms with van der Waals surface area (Å²) in [5.74, 6) is 0.685. The molecule has 0 bridgehead atoms. The summed E-state index contributed by atoms with van der Waals surface area (Å²) in [6, 6.07) is 0.279. The van der Waals surface area contributed by atoms with E-state index in [0.29, 0.717) is 25.3 Å². The van der Waals surface area contributed by atoms with E-state index in [1.165, 1.54) is 6.39 Å². The maximum Gasteiger partial charge on any atom is 0.234 e. The Morgan fingerprint density at radius 2 is 2.24 bits per heavy atom. The second kappa shape index (κ2) is 7.78. The van der Waals surface area contributed by atoms with E-state index in [9.17, 15) is 4.79 Å². The molecule has 6 nitrogen and oxygen atoms in total. The summed E-state index contributed by atoms with van der Waals surface area (Å²) in [6.45, 7) is 5.13. The van der Waals surface area contributed by atoms with Crippen LogP contribution in [0.15, 0.2) is 10.9 Å². The normalized spacial score (nSPS) is 10.8. The van der Waals surface area contributed by atoms with E-state index in [4.69, 9.17) is 0 Å². The lowest BCUT2D eigenvalue weighted by molar-refractivity contribution is -0.121. The minimum Gasteiger partial charge on any atom is -0.352 e. The standard InChI is InChI=1S/C11H20N4O2/c1-3-9(4-2)14-11(16)7-12-6-5-10-13-8-17-15-10/h8-9,12H,3-7H2,1-2H3,(H,14,16). The van der Waals surface area contributed by atoms with Gasteiger partial charge in [0, 0.05) is 19.0 Å². The van der Waals surface area contributed by atoms with E-state index < -0.39 is 0 Å². The van der Waals surface area contributed by atoms with Gasteiger partial charge < -0.3 is 15.2 Å². The van der Waals surface area contributed by atoms with E-state index in [2.05, 4.69) is 39.1 Å². The predicted molar refractivity (Wildman–Crippen MR) is 63.4 cm³/mol. The van der Waals surface area contributed by atoms with Crippen molar-refractivity contribution >= 4 is 5.91 Å². The van der Waals surface area contributed by atoms with Crippen LogP contribution in [0.5, 0.6) is 0 Å². The molecule has 1 aromatic heterocycles. The molecule has 1 aromatic rings. The van der Waals surface area contributed by atoms with Crippen LogP contribution in [0.4, 0.5) is 0 Å². The van der Waals surface area contributed by atoms with Crippen LogP contribution < -0.4 is 10.6 Å². The summed E-state index contributed by atoms with van der Waals surface area (Å²) in [4.78, 5) is 15.4. The number of nitrogens with zero attached hydrogens (tertiary/aromatic N) is 2. The molecule has 0 aliphatic rings. The van der Waals surface area contributed by atoms with Gasteiger partial charge in [0.1, 0.15) is 0 Å². The number of aromatic nitrogens is 2. The molecule has 1 heterocycles. The van der Waals surface area contributed by atoms with Crippen molar-refractivity contribution in [3.8, 4) is 0 Å². The Labute approximate surface area is 101 Å². The average Bonchev–Trinajstić information content (AvgIpc) is 2.84. The molecule has 0 radical (unpaired) electrons. The Morgan fingerprint density at radius 1 is 1.47 bits per heavy atom. The van der Waals surface area contributed by atoms with Crippen molar-refractivity contribution in [2.24, 2.45) is 0 Å². The fourth-order valence-corrected chi connectivity index (χ4v) is 1.48. The van der Waals surface area contributed by atoms with E-state index in [-0.39, 0.29) is 11.9 Å². The minimum absolute atomic E-state index is 0.0341. The van der Waals surface area contributed by atoms with Gasteiger partial charge in [0.25, 0.3) is 0 Å². The molecule has 1 rings (SSSR count). The topological polar surface area (TPSA) is 80.0 Å². The summed E-state index contributed by atoms with van der Waals surface area (Å²) in [6.07, 6.45) is 3.89. The Balaban J connectivity index is 2.07. The predicted octanol–water partition coefficient (Wildman–Crippen LogP) is 0.506. The van der Waals surface area contributed by atoms with E-state index in [0.717, 1.165) is 12.8 Å². The zero-order chi connectivity index (χ0) is 12.5. The monoisotopic (exact) mass is 240 g/mol. The molecule has 0 aliphatic carbocycles. The molecule has 6 heteroatoms. The number of amides is 1. The Kier molecular flexibility index (Phi) is 6.24. The van der Waals surface area contributed by atoms with Crippen LogP contribution in [0.3, 0.4) is 0 Å². The van der Waals surface area contributed by atoms with Crippen LogP contribution in [0.25, 0.3) is 0 Å². The van der Waals surface area contributed by atoms with Crippen LogP contribution in [-0.2, 0) is 11.2 Å². The Hall–Kier alpha value is -1.43. The van der Waals surface area contributed by atoms with E-state index >= 15 is 0 Å². The number of hydrogen-bond donors (Lipinski definition) is 2. The van der Waals surface area contributed by atoms with Gasteiger partial charge >= 0.3 is 0 Å². The second-order valence-electron chi connectivity index (χ2n) is 3.86. The summed E-state index contributed by atoms with van der Waals surface area (Å²) in [5.41, 5.74) is 0. The van der Waals surface area contributed by atoms with Crippen LogP contribution in [-0.4, -0.2) is 35.2 Å². The van der Waals surface area contributed by atoms with Crippen molar-refractivity contribution in [2.45, 2.75) is 39.2 Å². The molecule has 0 atom stereocenters. The zero-order valence-electron chi connectivity index (χ0n) is 10.4. The molecule has 0 saturated heterocycles. The van der Waals surface area contributed by atoms with Crippen LogP contribution in [0.2, 0.25) is 0 Å². The maximum atomic E-state index is 11.5. The lowest BCUT2D eigenvalue weighted by Crippen LogP contribution is -2.40. The van der Waals surface area contributed by atoms with Gasteiger partial charge in [-0.3, -0.25) is 4.79 Å². The van der Waals surface area contributed by atoms with Crippen LogP contribution in [0.1, 0.15) is 32.5 Å². The highest BCUT2D eigenvalue weighted by Crippen LogP contribution is 1.95. The number of nitrogens with one attached hydrogen (secondary N) is 2. The highest BCUT2D eigenvalue weighted by molar-refractivity contribution is 5.78. The highest BCUT2D eigenvalue weighted by atomic mass is 16.5. The number of hydrogen-bond acceptors (Lipinski definition) is 5. The fraction of sp³-hybridized carbons (Fsp3) is 0.727. The molecule has 0 aromatic carbocycles. The number of rotatable bonds is 8. The Morgan fingerprint density at radius 3 is 2.82 bits per heavy atom. The van der Waals surface area contributed by atoms with Crippen molar-refractivity contribution in [1.29, 1.82) is 0 Å². The smallest absolute Gasteiger partial charge is 0.234 e. The van der Waals surface area contributed by atoms with Gasteiger partial charge in [-0.2, -0.15) is 4.98 Å². The van der Waals surface area contributed by atoms with Gasteiger partial charge in [-0.1, -0.05) is 19.0 Å². The van der Waals surface area contributed by atoms with Crippen LogP contribution >= 0.6 is 0 Å². The fourth-order valence-electron chi connectivity index (χ4n) is 1.48. The van der Waals surface area contributed by atoms with Gasteiger partial charge in [0.15, 0.2) is 5.82 Å². The molecule has 0 spiro atoms. The van der Waals surface area contributed by atoms with Gasteiger partial charge in [0.05, 0.1) is 6.54 Å². The third kappa shape index (κ3) is 5.44. The first-order valence-corrected chi connectivity index (χ1v) is 6.01. The Bertz CT molecular complexity index is 309. The van der Waals surface area contributed by atoms with Crippen molar-refractivity contribution in [2.75, 3.05) is 13.1 Å². The van der Waals surface area contributed by atoms with Gasteiger partial charge in [0.2, 0.25) is 12.3 Å². The first-order valence-electron chi connectivity index (χ1n) is 6.01. The zero-order valence-corrected chi connectivity index (χ0v) is 10.4. The van der Waals surface area contributed by atoms with E-state index in [1.54, 1.807) is 0 Å². The molecular weight excluding hydrogens is 220 g/mol. The van der Waals surface area contributed by atoms with Gasteiger partial charge in [-0.05, 0) is 12.8 Å². The highest BCUT2D eigenvalue weighted by Gasteiger charge is 2.07. The maximum absolute atomic E-state index is 11.5. The van der Waals surface area contributed by atoms with Crippen molar-refractivity contribution in [1.82, 2.24) is 20.8 Å². The largest absolute Gasteiger partial charge is 0.352 e. The first kappa shape index (κ1) is 13.6. The van der Waals surface area contributed by atoms with Crippen molar-refractivity contribution in [3.05, 3.63) is 12.2 Å². The quantitative estimate of drug-likeness (QED) is 0.647. The molecular formula is C11H20N4O2. The molecule has 17 heavy (non-hydrogen) atoms.